The highest BCUT2D eigenvalue weighted by Crippen LogP contribution is 2.09. The van der Waals surface area contributed by atoms with Crippen LogP contribution in [0.3, 0.4) is 0 Å². The van der Waals surface area contributed by atoms with Crippen molar-refractivity contribution in [2.75, 3.05) is 6.61 Å². The van der Waals surface area contributed by atoms with Crippen LogP contribution in [0.5, 0.6) is 0 Å². The summed E-state index contributed by atoms with van der Waals surface area (Å²) in [5, 5.41) is 8.77. The minimum Gasteiger partial charge on any atom is -0.452 e. The largest absolute Gasteiger partial charge is 0.452 e. The molecule has 0 aliphatic carbocycles. The summed E-state index contributed by atoms with van der Waals surface area (Å²) in [5.74, 6) is -0.829. The van der Waals surface area contributed by atoms with E-state index < -0.39 is 5.97 Å². The van der Waals surface area contributed by atoms with Gasteiger partial charge in [0.25, 0.3) is 5.91 Å². The van der Waals surface area contributed by atoms with E-state index >= 15 is 0 Å². The monoisotopic (exact) mass is 362 g/mol. The maximum atomic E-state index is 12.4. The number of carbonyl (C=O) groups is 2. The minimum atomic E-state index is -0.587. The number of rotatable bonds is 7. The molecule has 0 radical (unpaired) electrons. The predicted molar refractivity (Wildman–Crippen MR) is 103 cm³/mol. The molecule has 0 bridgehead atoms. The van der Waals surface area contributed by atoms with Crippen LogP contribution in [-0.2, 0) is 20.9 Å². The zero-order chi connectivity index (χ0) is 19.6. The standard InChI is InChI=1S/C22H22N2O3/c1-17(2)24(15-20-6-4-3-5-7-20)21(25)16-27-22(26)13-12-18-8-10-19(14-23)11-9-18/h3-13,17H,15-16H2,1-2H3/b13-12+. The summed E-state index contributed by atoms with van der Waals surface area (Å²) in [4.78, 5) is 26.0. The smallest absolute Gasteiger partial charge is 0.331 e. The Morgan fingerprint density at radius 1 is 1.11 bits per heavy atom. The number of hydrogen-bond acceptors (Lipinski definition) is 4. The Bertz CT molecular complexity index is 834. The Balaban J connectivity index is 1.88. The number of hydrogen-bond donors (Lipinski definition) is 0. The second-order valence-corrected chi connectivity index (χ2v) is 6.28. The van der Waals surface area contributed by atoms with Crippen molar-refractivity contribution in [3.63, 3.8) is 0 Å². The molecule has 2 rings (SSSR count). The average Bonchev–Trinajstić information content (AvgIpc) is 2.69. The van der Waals surface area contributed by atoms with Gasteiger partial charge in [-0.1, -0.05) is 42.5 Å². The number of nitriles is 1. The van der Waals surface area contributed by atoms with E-state index in [1.165, 1.54) is 6.08 Å². The molecule has 2 aromatic carbocycles. The second kappa shape index (κ2) is 9.93. The van der Waals surface area contributed by atoms with E-state index in [1.54, 1.807) is 35.2 Å². The number of esters is 1. The van der Waals surface area contributed by atoms with E-state index in [-0.39, 0.29) is 18.6 Å². The Hall–Kier alpha value is -3.39. The Labute approximate surface area is 159 Å². The third kappa shape index (κ3) is 6.44. The maximum Gasteiger partial charge on any atom is 0.331 e. The summed E-state index contributed by atoms with van der Waals surface area (Å²) >= 11 is 0. The van der Waals surface area contributed by atoms with Gasteiger partial charge in [0, 0.05) is 18.7 Å². The quantitative estimate of drug-likeness (QED) is 0.558. The van der Waals surface area contributed by atoms with Crippen LogP contribution in [0.15, 0.2) is 60.7 Å². The van der Waals surface area contributed by atoms with Crippen molar-refractivity contribution < 1.29 is 14.3 Å². The van der Waals surface area contributed by atoms with Gasteiger partial charge in [-0.15, -0.1) is 0 Å². The molecule has 1 amide bonds. The van der Waals surface area contributed by atoms with Crippen LogP contribution >= 0.6 is 0 Å². The van der Waals surface area contributed by atoms with E-state index in [0.717, 1.165) is 11.1 Å². The lowest BCUT2D eigenvalue weighted by molar-refractivity contribution is -0.149. The number of amides is 1. The molecule has 0 heterocycles. The summed E-state index contributed by atoms with van der Waals surface area (Å²) in [6.45, 7) is 4.01. The molecular weight excluding hydrogens is 340 g/mol. The van der Waals surface area contributed by atoms with Crippen molar-refractivity contribution in [1.82, 2.24) is 4.90 Å². The summed E-state index contributed by atoms with van der Waals surface area (Å²) in [7, 11) is 0. The summed E-state index contributed by atoms with van der Waals surface area (Å²) in [6, 6.07) is 18.5. The number of carbonyl (C=O) groups excluding carboxylic acids is 2. The first-order valence-electron chi connectivity index (χ1n) is 8.68. The van der Waals surface area contributed by atoms with Crippen molar-refractivity contribution in [3.8, 4) is 6.07 Å². The van der Waals surface area contributed by atoms with Gasteiger partial charge >= 0.3 is 5.97 Å². The van der Waals surface area contributed by atoms with Gasteiger partial charge in [0.05, 0.1) is 11.6 Å². The fourth-order valence-electron chi connectivity index (χ4n) is 2.44. The average molecular weight is 362 g/mol. The molecule has 0 aliphatic rings. The van der Waals surface area contributed by atoms with Gasteiger partial charge in [-0.3, -0.25) is 4.79 Å². The van der Waals surface area contributed by atoms with Crippen LogP contribution in [-0.4, -0.2) is 29.4 Å². The van der Waals surface area contributed by atoms with Gasteiger partial charge in [-0.05, 0) is 43.2 Å². The fraction of sp³-hybridized carbons (Fsp3) is 0.227. The summed E-state index contributed by atoms with van der Waals surface area (Å²) in [5.41, 5.74) is 2.34. The topological polar surface area (TPSA) is 70.4 Å². The number of benzene rings is 2. The third-order valence-electron chi connectivity index (χ3n) is 3.93. The summed E-state index contributed by atoms with van der Waals surface area (Å²) in [6.07, 6.45) is 2.85. The van der Waals surface area contributed by atoms with Crippen molar-refractivity contribution in [1.29, 1.82) is 5.26 Å². The van der Waals surface area contributed by atoms with Crippen molar-refractivity contribution in [2.24, 2.45) is 0 Å². The Morgan fingerprint density at radius 2 is 1.78 bits per heavy atom. The lowest BCUT2D eigenvalue weighted by Gasteiger charge is -2.26. The molecule has 0 atom stereocenters. The van der Waals surface area contributed by atoms with Crippen LogP contribution in [0, 0.1) is 11.3 Å². The maximum absolute atomic E-state index is 12.4. The first-order valence-corrected chi connectivity index (χ1v) is 8.68. The van der Waals surface area contributed by atoms with E-state index in [0.29, 0.717) is 12.1 Å². The first kappa shape index (κ1) is 19.9. The molecule has 0 saturated carbocycles. The van der Waals surface area contributed by atoms with E-state index in [1.807, 2.05) is 50.2 Å². The van der Waals surface area contributed by atoms with Crippen LogP contribution in [0.2, 0.25) is 0 Å². The highest BCUT2D eigenvalue weighted by molar-refractivity contribution is 5.89. The van der Waals surface area contributed by atoms with Gasteiger partial charge in [0.1, 0.15) is 0 Å². The molecule has 0 aromatic heterocycles. The molecule has 5 heteroatoms. The van der Waals surface area contributed by atoms with Gasteiger partial charge in [-0.25, -0.2) is 4.79 Å². The molecule has 0 spiro atoms. The Kier molecular flexibility index (Phi) is 7.33. The van der Waals surface area contributed by atoms with Gasteiger partial charge in [-0.2, -0.15) is 5.26 Å². The highest BCUT2D eigenvalue weighted by Gasteiger charge is 2.18. The third-order valence-corrected chi connectivity index (χ3v) is 3.93. The SMILES string of the molecule is CC(C)N(Cc1ccccc1)C(=O)COC(=O)/C=C/c1ccc(C#N)cc1. The van der Waals surface area contributed by atoms with Crippen molar-refractivity contribution in [2.45, 2.75) is 26.4 Å². The fourth-order valence-corrected chi connectivity index (χ4v) is 2.44. The normalized spacial score (nSPS) is 10.6. The van der Waals surface area contributed by atoms with Crippen molar-refractivity contribution in [3.05, 3.63) is 77.4 Å². The van der Waals surface area contributed by atoms with Crippen LogP contribution in [0.1, 0.15) is 30.5 Å². The van der Waals surface area contributed by atoms with Gasteiger partial charge in [0.15, 0.2) is 6.61 Å². The molecule has 27 heavy (non-hydrogen) atoms. The molecule has 0 unspecified atom stereocenters. The van der Waals surface area contributed by atoms with E-state index in [2.05, 4.69) is 0 Å². The molecule has 138 valence electrons. The molecule has 2 aromatic rings. The second-order valence-electron chi connectivity index (χ2n) is 6.28. The molecular formula is C22H22N2O3. The zero-order valence-electron chi connectivity index (χ0n) is 15.5. The Morgan fingerprint density at radius 3 is 2.37 bits per heavy atom. The lowest BCUT2D eigenvalue weighted by atomic mass is 10.1. The van der Waals surface area contributed by atoms with Gasteiger partial charge < -0.3 is 9.64 Å². The molecule has 0 fully saturated rings. The molecule has 5 nitrogen and oxygen atoms in total. The number of ether oxygens (including phenoxy) is 1. The van der Waals surface area contributed by atoms with E-state index in [4.69, 9.17) is 10.00 Å². The number of nitrogens with zero attached hydrogens (tertiary/aromatic N) is 2. The predicted octanol–water partition coefficient (Wildman–Crippen LogP) is 3.55. The zero-order valence-corrected chi connectivity index (χ0v) is 15.5. The van der Waals surface area contributed by atoms with Crippen LogP contribution in [0.4, 0.5) is 0 Å². The first-order chi connectivity index (χ1) is 13.0. The molecule has 0 N–H and O–H groups in total. The van der Waals surface area contributed by atoms with Crippen molar-refractivity contribution >= 4 is 18.0 Å². The minimum absolute atomic E-state index is 0.00870. The van der Waals surface area contributed by atoms with Crippen LogP contribution in [0.25, 0.3) is 6.08 Å². The van der Waals surface area contributed by atoms with Gasteiger partial charge in [0.2, 0.25) is 0 Å². The highest BCUT2D eigenvalue weighted by atomic mass is 16.5. The molecule has 0 aliphatic heterocycles. The summed E-state index contributed by atoms with van der Waals surface area (Å²) < 4.78 is 5.07. The van der Waals surface area contributed by atoms with Crippen LogP contribution < -0.4 is 0 Å². The lowest BCUT2D eigenvalue weighted by Crippen LogP contribution is -2.39. The van der Waals surface area contributed by atoms with E-state index in [9.17, 15) is 9.59 Å². The molecule has 0 saturated heterocycles.